The number of benzene rings is 1. The third-order valence-corrected chi connectivity index (χ3v) is 2.82. The number of ether oxygens (including phenoxy) is 3. The lowest BCUT2D eigenvalue weighted by molar-refractivity contribution is -0.122. The largest absolute Gasteiger partial charge is 0.495 e. The van der Waals surface area contributed by atoms with Gasteiger partial charge in [-0.2, -0.15) is 0 Å². The fraction of sp³-hybridized carbons (Fsp3) is 0.417. The van der Waals surface area contributed by atoms with Crippen LogP contribution in [-0.4, -0.2) is 33.3 Å². The van der Waals surface area contributed by atoms with Crippen LogP contribution in [-0.2, 0) is 9.53 Å². The van der Waals surface area contributed by atoms with Crippen LogP contribution in [0.3, 0.4) is 0 Å². The van der Waals surface area contributed by atoms with Crippen LogP contribution in [0.1, 0.15) is 11.6 Å². The number of hydrogen-bond donors (Lipinski definition) is 2. The fourth-order valence-electron chi connectivity index (χ4n) is 1.59. The molecule has 0 aliphatic rings. The first-order valence-electron chi connectivity index (χ1n) is 5.53. The van der Waals surface area contributed by atoms with E-state index in [1.807, 2.05) is 0 Å². The second-order valence-electron chi connectivity index (χ2n) is 3.79. The first-order chi connectivity index (χ1) is 9.01. The lowest BCUT2D eigenvalue weighted by atomic mass is 10.1. The van der Waals surface area contributed by atoms with Gasteiger partial charge < -0.3 is 25.7 Å². The number of nitrogens with two attached hydrogens (primary N) is 2. The van der Waals surface area contributed by atoms with Crippen LogP contribution in [0.2, 0.25) is 5.02 Å². The molecule has 0 saturated heterocycles. The number of amides is 1. The molecule has 0 bridgehead atoms. The summed E-state index contributed by atoms with van der Waals surface area (Å²) in [7, 11) is 3.00. The maximum atomic E-state index is 10.6. The molecule has 1 aromatic rings. The van der Waals surface area contributed by atoms with Crippen molar-refractivity contribution in [3.8, 4) is 11.5 Å². The quantitative estimate of drug-likeness (QED) is 0.775. The molecule has 1 unspecified atom stereocenters. The van der Waals surface area contributed by atoms with E-state index in [4.69, 9.17) is 37.3 Å². The van der Waals surface area contributed by atoms with Crippen molar-refractivity contribution in [3.63, 3.8) is 0 Å². The molecule has 0 saturated carbocycles. The first-order valence-corrected chi connectivity index (χ1v) is 5.91. The van der Waals surface area contributed by atoms with E-state index in [2.05, 4.69) is 0 Å². The highest BCUT2D eigenvalue weighted by Crippen LogP contribution is 2.38. The molecular formula is C12H17ClN2O4. The maximum Gasteiger partial charge on any atom is 0.243 e. The molecule has 6 nitrogen and oxygen atoms in total. The highest BCUT2D eigenvalue weighted by atomic mass is 35.5. The minimum absolute atomic E-state index is 0.127. The van der Waals surface area contributed by atoms with E-state index in [0.29, 0.717) is 22.1 Å². The van der Waals surface area contributed by atoms with E-state index in [-0.39, 0.29) is 13.2 Å². The predicted octanol–water partition coefficient (Wildman–Crippen LogP) is 0.859. The number of hydrogen-bond acceptors (Lipinski definition) is 5. The van der Waals surface area contributed by atoms with Crippen molar-refractivity contribution in [2.45, 2.75) is 6.04 Å². The van der Waals surface area contributed by atoms with Crippen molar-refractivity contribution in [2.75, 3.05) is 27.4 Å². The van der Waals surface area contributed by atoms with Crippen LogP contribution in [0, 0.1) is 0 Å². The average molecular weight is 289 g/mol. The van der Waals surface area contributed by atoms with Crippen molar-refractivity contribution in [3.05, 3.63) is 22.7 Å². The summed E-state index contributed by atoms with van der Waals surface area (Å²) in [5.41, 5.74) is 11.6. The van der Waals surface area contributed by atoms with Gasteiger partial charge in [-0.05, 0) is 12.1 Å². The Balaban J connectivity index is 2.87. The van der Waals surface area contributed by atoms with Crippen molar-refractivity contribution in [2.24, 2.45) is 11.5 Å². The van der Waals surface area contributed by atoms with Gasteiger partial charge >= 0.3 is 0 Å². The van der Waals surface area contributed by atoms with Gasteiger partial charge in [0.15, 0.2) is 0 Å². The summed E-state index contributed by atoms with van der Waals surface area (Å²) >= 11 is 6.12. The normalized spacial score (nSPS) is 12.0. The molecule has 106 valence electrons. The van der Waals surface area contributed by atoms with E-state index >= 15 is 0 Å². The number of carbonyl (C=O) groups is 1. The SMILES string of the molecule is COc1ccc(C(N)COCC(N)=O)c(OC)c1Cl. The number of methoxy groups -OCH3 is 2. The second-order valence-corrected chi connectivity index (χ2v) is 4.17. The highest BCUT2D eigenvalue weighted by molar-refractivity contribution is 6.33. The number of carbonyl (C=O) groups excluding carboxylic acids is 1. The highest BCUT2D eigenvalue weighted by Gasteiger charge is 2.18. The van der Waals surface area contributed by atoms with Crippen molar-refractivity contribution < 1.29 is 19.0 Å². The van der Waals surface area contributed by atoms with Crippen LogP contribution in [0.15, 0.2) is 12.1 Å². The van der Waals surface area contributed by atoms with Gasteiger partial charge in [0.2, 0.25) is 5.91 Å². The number of primary amides is 1. The second kappa shape index (κ2) is 7.18. The van der Waals surface area contributed by atoms with Crippen LogP contribution in [0.25, 0.3) is 0 Å². The Morgan fingerprint density at radius 3 is 2.58 bits per heavy atom. The minimum atomic E-state index is -0.549. The molecule has 0 spiro atoms. The fourth-order valence-corrected chi connectivity index (χ4v) is 1.91. The third-order valence-electron chi connectivity index (χ3n) is 2.46. The standard InChI is InChI=1S/C12H17ClN2O4/c1-17-9-4-3-7(12(18-2)11(9)13)8(14)5-19-6-10(15)16/h3-4,8H,5-6,14H2,1-2H3,(H2,15,16). The summed E-state index contributed by atoms with van der Waals surface area (Å²) in [4.78, 5) is 10.6. The van der Waals surface area contributed by atoms with Gasteiger partial charge in [-0.3, -0.25) is 4.79 Å². The molecule has 1 atom stereocenters. The Hall–Kier alpha value is -1.50. The molecule has 0 heterocycles. The zero-order valence-electron chi connectivity index (χ0n) is 10.8. The van der Waals surface area contributed by atoms with E-state index in [1.54, 1.807) is 12.1 Å². The topological polar surface area (TPSA) is 96.8 Å². The number of rotatable bonds is 7. The maximum absolute atomic E-state index is 10.6. The summed E-state index contributed by atoms with van der Waals surface area (Å²) in [6, 6.07) is 2.94. The van der Waals surface area contributed by atoms with Crippen molar-refractivity contribution in [1.29, 1.82) is 0 Å². The van der Waals surface area contributed by atoms with E-state index in [9.17, 15) is 4.79 Å². The van der Waals surface area contributed by atoms with Gasteiger partial charge in [-0.25, -0.2) is 0 Å². The van der Waals surface area contributed by atoms with Crippen LogP contribution in [0.5, 0.6) is 11.5 Å². The molecule has 1 amide bonds. The summed E-state index contributed by atoms with van der Waals surface area (Å²) in [5.74, 6) is 0.371. The van der Waals surface area contributed by atoms with E-state index < -0.39 is 11.9 Å². The first kappa shape index (κ1) is 15.6. The van der Waals surface area contributed by atoms with E-state index in [0.717, 1.165) is 0 Å². The summed E-state index contributed by atoms with van der Waals surface area (Å²) in [5, 5.41) is 0.341. The molecule has 0 aromatic heterocycles. The summed E-state index contributed by atoms with van der Waals surface area (Å²) in [6.45, 7) is -0.0537. The van der Waals surface area contributed by atoms with Gasteiger partial charge in [0.1, 0.15) is 23.1 Å². The van der Waals surface area contributed by atoms with Crippen molar-refractivity contribution >= 4 is 17.5 Å². The third kappa shape index (κ3) is 3.99. The smallest absolute Gasteiger partial charge is 0.243 e. The zero-order chi connectivity index (χ0) is 14.4. The van der Waals surface area contributed by atoms with Gasteiger partial charge in [0, 0.05) is 5.56 Å². The summed E-state index contributed by atoms with van der Waals surface area (Å²) in [6.07, 6.45) is 0. The molecule has 0 fully saturated rings. The lowest BCUT2D eigenvalue weighted by Gasteiger charge is -2.18. The average Bonchev–Trinajstić information content (AvgIpc) is 2.37. The Kier molecular flexibility index (Phi) is 5.88. The molecule has 0 aliphatic carbocycles. The molecule has 7 heteroatoms. The van der Waals surface area contributed by atoms with Crippen molar-refractivity contribution in [1.82, 2.24) is 0 Å². The summed E-state index contributed by atoms with van der Waals surface area (Å²) < 4.78 is 15.4. The van der Waals surface area contributed by atoms with Gasteiger partial charge in [0.05, 0.1) is 26.9 Å². The molecule has 0 radical (unpaired) electrons. The van der Waals surface area contributed by atoms with E-state index in [1.165, 1.54) is 14.2 Å². The molecule has 1 aromatic carbocycles. The van der Waals surface area contributed by atoms with Crippen LogP contribution >= 0.6 is 11.6 Å². The van der Waals surface area contributed by atoms with Crippen LogP contribution < -0.4 is 20.9 Å². The Bertz CT molecular complexity index is 454. The molecule has 1 rings (SSSR count). The van der Waals surface area contributed by atoms with Gasteiger partial charge in [-0.15, -0.1) is 0 Å². The molecular weight excluding hydrogens is 272 g/mol. The Morgan fingerprint density at radius 2 is 2.05 bits per heavy atom. The molecule has 4 N–H and O–H groups in total. The van der Waals surface area contributed by atoms with Gasteiger partial charge in [-0.1, -0.05) is 11.6 Å². The minimum Gasteiger partial charge on any atom is -0.495 e. The Morgan fingerprint density at radius 1 is 1.37 bits per heavy atom. The molecule has 19 heavy (non-hydrogen) atoms. The zero-order valence-corrected chi connectivity index (χ0v) is 11.6. The monoisotopic (exact) mass is 288 g/mol. The van der Waals surface area contributed by atoms with Gasteiger partial charge in [0.25, 0.3) is 0 Å². The molecule has 0 aliphatic heterocycles. The van der Waals surface area contributed by atoms with Crippen LogP contribution in [0.4, 0.5) is 0 Å². The lowest BCUT2D eigenvalue weighted by Crippen LogP contribution is -2.23. The Labute approximate surface area is 116 Å². The number of halogens is 1. The predicted molar refractivity (Wildman–Crippen MR) is 71.5 cm³/mol.